The lowest BCUT2D eigenvalue weighted by molar-refractivity contribution is 0.102. The third kappa shape index (κ3) is 4.22. The smallest absolute Gasteiger partial charge is 0.408 e. The SMILES string of the molecule is Cc1nn(C)c2nc(-c3ccccc3)cc(C(=O)Nc3ccc4oc(=O)n(CCN(C)C)c4c3)c12. The molecule has 0 spiro atoms. The Morgan fingerprint density at radius 3 is 2.63 bits per heavy atom. The molecule has 5 rings (SSSR count). The molecule has 0 aliphatic heterocycles. The van der Waals surface area contributed by atoms with Crippen LogP contribution in [-0.2, 0) is 13.6 Å². The van der Waals surface area contributed by atoms with E-state index in [-0.39, 0.29) is 5.91 Å². The van der Waals surface area contributed by atoms with Gasteiger partial charge in [-0.1, -0.05) is 30.3 Å². The van der Waals surface area contributed by atoms with Gasteiger partial charge in [0.25, 0.3) is 5.91 Å². The number of rotatable bonds is 6. The lowest BCUT2D eigenvalue weighted by Crippen LogP contribution is -2.23. The first kappa shape index (κ1) is 22.5. The molecule has 178 valence electrons. The van der Waals surface area contributed by atoms with Crippen molar-refractivity contribution in [3.05, 3.63) is 76.4 Å². The van der Waals surface area contributed by atoms with Crippen LogP contribution in [0.15, 0.2) is 63.8 Å². The van der Waals surface area contributed by atoms with Gasteiger partial charge in [-0.25, -0.2) is 9.78 Å². The summed E-state index contributed by atoms with van der Waals surface area (Å²) in [5, 5.41) is 8.18. The number of pyridine rings is 1. The first-order valence-corrected chi connectivity index (χ1v) is 11.3. The van der Waals surface area contributed by atoms with Gasteiger partial charge >= 0.3 is 5.76 Å². The largest absolute Gasteiger partial charge is 0.419 e. The Hall–Kier alpha value is -4.24. The molecule has 0 saturated carbocycles. The Bertz CT molecular complexity index is 1610. The van der Waals surface area contributed by atoms with E-state index in [9.17, 15) is 9.59 Å². The number of anilines is 1. The molecule has 2 aromatic carbocycles. The number of aromatic nitrogens is 4. The molecule has 0 saturated heterocycles. The van der Waals surface area contributed by atoms with Crippen molar-refractivity contribution >= 4 is 33.7 Å². The second-order valence-corrected chi connectivity index (χ2v) is 8.79. The number of benzene rings is 2. The highest BCUT2D eigenvalue weighted by Crippen LogP contribution is 2.28. The average molecular weight is 471 g/mol. The van der Waals surface area contributed by atoms with Crippen molar-refractivity contribution in [3.8, 4) is 11.3 Å². The Kier molecular flexibility index (Phi) is 5.70. The Balaban J connectivity index is 1.55. The van der Waals surface area contributed by atoms with Gasteiger partial charge in [-0.05, 0) is 45.3 Å². The van der Waals surface area contributed by atoms with Crippen LogP contribution >= 0.6 is 0 Å². The summed E-state index contributed by atoms with van der Waals surface area (Å²) >= 11 is 0. The number of hydrogen-bond acceptors (Lipinski definition) is 6. The van der Waals surface area contributed by atoms with Crippen molar-refractivity contribution in [1.29, 1.82) is 0 Å². The molecule has 3 heterocycles. The summed E-state index contributed by atoms with van der Waals surface area (Å²) in [6.45, 7) is 3.03. The molecule has 0 unspecified atom stereocenters. The zero-order valence-electron chi connectivity index (χ0n) is 20.1. The van der Waals surface area contributed by atoms with Gasteiger partial charge in [0.15, 0.2) is 11.2 Å². The fourth-order valence-corrected chi connectivity index (χ4v) is 4.23. The van der Waals surface area contributed by atoms with Gasteiger partial charge < -0.3 is 14.6 Å². The van der Waals surface area contributed by atoms with Gasteiger partial charge in [-0.2, -0.15) is 5.10 Å². The van der Waals surface area contributed by atoms with Gasteiger partial charge in [-0.3, -0.25) is 14.0 Å². The van der Waals surface area contributed by atoms with Gasteiger partial charge in [-0.15, -0.1) is 0 Å². The second-order valence-electron chi connectivity index (χ2n) is 8.79. The number of fused-ring (bicyclic) bond motifs is 2. The average Bonchev–Trinajstić information content (AvgIpc) is 3.31. The molecule has 35 heavy (non-hydrogen) atoms. The molecule has 0 aliphatic carbocycles. The first-order valence-electron chi connectivity index (χ1n) is 11.3. The van der Waals surface area contributed by atoms with Crippen molar-refractivity contribution in [3.63, 3.8) is 0 Å². The van der Waals surface area contributed by atoms with Crippen LogP contribution in [0.2, 0.25) is 0 Å². The van der Waals surface area contributed by atoms with Crippen molar-refractivity contribution in [1.82, 2.24) is 24.2 Å². The highest BCUT2D eigenvalue weighted by molar-refractivity contribution is 6.13. The van der Waals surface area contributed by atoms with Crippen LogP contribution in [0.4, 0.5) is 5.69 Å². The van der Waals surface area contributed by atoms with Crippen LogP contribution in [0.5, 0.6) is 0 Å². The minimum Gasteiger partial charge on any atom is -0.408 e. The minimum atomic E-state index is -0.417. The van der Waals surface area contributed by atoms with Crippen molar-refractivity contribution < 1.29 is 9.21 Å². The Labute approximate surface area is 201 Å². The normalized spacial score (nSPS) is 11.6. The highest BCUT2D eigenvalue weighted by atomic mass is 16.4. The predicted molar refractivity (Wildman–Crippen MR) is 136 cm³/mol. The predicted octanol–water partition coefficient (Wildman–Crippen LogP) is 3.67. The maximum Gasteiger partial charge on any atom is 0.419 e. The third-order valence-electron chi connectivity index (χ3n) is 5.98. The first-order chi connectivity index (χ1) is 16.8. The van der Waals surface area contributed by atoms with Crippen molar-refractivity contribution in [2.24, 2.45) is 7.05 Å². The van der Waals surface area contributed by atoms with E-state index in [1.807, 2.05) is 63.3 Å². The summed E-state index contributed by atoms with van der Waals surface area (Å²) in [5.41, 5.74) is 5.12. The maximum absolute atomic E-state index is 13.5. The zero-order valence-corrected chi connectivity index (χ0v) is 20.1. The molecule has 5 aromatic rings. The van der Waals surface area contributed by atoms with Crippen LogP contribution in [0.1, 0.15) is 16.1 Å². The summed E-state index contributed by atoms with van der Waals surface area (Å²) in [7, 11) is 5.70. The molecular weight excluding hydrogens is 444 g/mol. The monoisotopic (exact) mass is 470 g/mol. The van der Waals surface area contributed by atoms with Crippen LogP contribution in [0.3, 0.4) is 0 Å². The molecule has 1 N–H and O–H groups in total. The van der Waals surface area contributed by atoms with E-state index < -0.39 is 5.76 Å². The summed E-state index contributed by atoms with van der Waals surface area (Å²) in [6, 6.07) is 16.7. The third-order valence-corrected chi connectivity index (χ3v) is 5.98. The summed E-state index contributed by atoms with van der Waals surface area (Å²) in [5.74, 6) is -0.699. The number of carbonyl (C=O) groups excluding carboxylic acids is 1. The summed E-state index contributed by atoms with van der Waals surface area (Å²) < 4.78 is 8.64. The van der Waals surface area contributed by atoms with Crippen LogP contribution < -0.4 is 11.1 Å². The molecule has 0 aliphatic rings. The maximum atomic E-state index is 13.5. The van der Waals surface area contributed by atoms with E-state index >= 15 is 0 Å². The van der Waals surface area contributed by atoms with Gasteiger partial charge in [0, 0.05) is 31.4 Å². The van der Waals surface area contributed by atoms with E-state index in [4.69, 9.17) is 9.40 Å². The Morgan fingerprint density at radius 1 is 1.11 bits per heavy atom. The van der Waals surface area contributed by atoms with E-state index in [1.54, 1.807) is 33.5 Å². The fourth-order valence-electron chi connectivity index (χ4n) is 4.23. The van der Waals surface area contributed by atoms with Crippen LogP contribution in [0, 0.1) is 6.92 Å². The lowest BCUT2D eigenvalue weighted by Gasteiger charge is -2.11. The molecule has 0 bridgehead atoms. The minimum absolute atomic E-state index is 0.282. The standard InChI is InChI=1S/C26H26N6O3/c1-16-23-19(15-20(17-8-6-5-7-9-17)28-24(23)31(4)29-16)25(33)27-18-10-11-22-21(14-18)32(26(34)35-22)13-12-30(2)3/h5-11,14-15H,12-13H2,1-4H3,(H,27,33). The van der Waals surface area contributed by atoms with Gasteiger partial charge in [0.2, 0.25) is 0 Å². The van der Waals surface area contributed by atoms with Crippen molar-refractivity contribution in [2.45, 2.75) is 13.5 Å². The van der Waals surface area contributed by atoms with Gasteiger partial charge in [0.05, 0.1) is 27.9 Å². The van der Waals surface area contributed by atoms with E-state index in [2.05, 4.69) is 10.4 Å². The topological polar surface area (TPSA) is 98.2 Å². The number of amides is 1. The molecule has 0 atom stereocenters. The fraction of sp³-hybridized carbons (Fsp3) is 0.231. The summed E-state index contributed by atoms with van der Waals surface area (Å²) in [4.78, 5) is 32.6. The summed E-state index contributed by atoms with van der Waals surface area (Å²) in [6.07, 6.45) is 0. The number of aryl methyl sites for hydroxylation is 2. The molecular formula is C26H26N6O3. The van der Waals surface area contributed by atoms with E-state index in [1.165, 1.54) is 0 Å². The molecule has 1 amide bonds. The van der Waals surface area contributed by atoms with E-state index in [0.29, 0.717) is 52.2 Å². The number of oxazole rings is 1. The molecule has 3 aromatic heterocycles. The van der Waals surface area contributed by atoms with Crippen LogP contribution in [-0.4, -0.2) is 50.8 Å². The molecule has 9 heteroatoms. The molecule has 0 fully saturated rings. The molecule has 0 radical (unpaired) electrons. The molecule has 9 nitrogen and oxygen atoms in total. The number of carbonyl (C=O) groups is 1. The number of nitrogens with zero attached hydrogens (tertiary/aromatic N) is 5. The Morgan fingerprint density at radius 2 is 1.89 bits per heavy atom. The highest BCUT2D eigenvalue weighted by Gasteiger charge is 2.20. The number of nitrogens with one attached hydrogen (secondary N) is 1. The quantitative estimate of drug-likeness (QED) is 0.407. The van der Waals surface area contributed by atoms with Crippen LogP contribution in [0.25, 0.3) is 33.4 Å². The lowest BCUT2D eigenvalue weighted by atomic mass is 10.0. The number of hydrogen-bond donors (Lipinski definition) is 1. The zero-order chi connectivity index (χ0) is 24.7. The number of likely N-dealkylation sites (N-methyl/N-ethyl adjacent to an activating group) is 1. The second kappa shape index (κ2) is 8.84. The van der Waals surface area contributed by atoms with Gasteiger partial charge in [0.1, 0.15) is 0 Å². The van der Waals surface area contributed by atoms with E-state index in [0.717, 1.165) is 11.3 Å². The van der Waals surface area contributed by atoms with Crippen molar-refractivity contribution in [2.75, 3.05) is 26.0 Å².